The van der Waals surface area contributed by atoms with Gasteiger partial charge < -0.3 is 10.1 Å². The summed E-state index contributed by atoms with van der Waals surface area (Å²) in [4.78, 5) is 12.8. The summed E-state index contributed by atoms with van der Waals surface area (Å²) in [6.07, 6.45) is 1.26. The number of fused-ring (bicyclic) bond motifs is 3. The number of carbonyl (C=O) groups excluding carboxylic acids is 1. The van der Waals surface area contributed by atoms with Crippen molar-refractivity contribution in [1.82, 2.24) is 24.8 Å². The lowest BCUT2D eigenvalue weighted by atomic mass is 10.1. The zero-order valence-electron chi connectivity index (χ0n) is 21.3. The Kier molecular flexibility index (Phi) is 6.70. The summed E-state index contributed by atoms with van der Waals surface area (Å²) in [6, 6.07) is 23.4. The number of hydrogen-bond donors (Lipinski definition) is 1. The van der Waals surface area contributed by atoms with E-state index < -0.39 is 0 Å². The molecule has 1 amide bonds. The first-order valence-electron chi connectivity index (χ1n) is 12.2. The number of rotatable bonds is 8. The third-order valence-electron chi connectivity index (χ3n) is 6.07. The summed E-state index contributed by atoms with van der Waals surface area (Å²) in [5, 5.41) is 22.6. The molecule has 0 radical (unpaired) electrons. The zero-order chi connectivity index (χ0) is 25.9. The van der Waals surface area contributed by atoms with E-state index in [4.69, 9.17) is 9.84 Å². The second-order valence-corrected chi connectivity index (χ2v) is 8.86. The molecular weight excluding hydrogens is 466 g/mol. The van der Waals surface area contributed by atoms with Crippen LogP contribution in [-0.4, -0.2) is 51.9 Å². The van der Waals surface area contributed by atoms with E-state index in [9.17, 15) is 4.79 Å². The molecular formula is C28H29N7O2. The van der Waals surface area contributed by atoms with Crippen molar-refractivity contribution in [3.05, 3.63) is 72.8 Å². The first kappa shape index (κ1) is 24.2. The van der Waals surface area contributed by atoms with Gasteiger partial charge in [-0.1, -0.05) is 37.3 Å². The molecule has 0 aliphatic carbocycles. The van der Waals surface area contributed by atoms with Crippen molar-refractivity contribution >= 4 is 39.5 Å². The highest BCUT2D eigenvalue weighted by Crippen LogP contribution is 2.31. The zero-order valence-corrected chi connectivity index (χ0v) is 21.3. The molecule has 0 saturated carbocycles. The topological polar surface area (TPSA) is 87.9 Å². The van der Waals surface area contributed by atoms with E-state index in [1.807, 2.05) is 93.8 Å². The standard InChI is InChI=1S/C28H29N7O2/c1-5-9-25(36)35(33(2)3)21-11-8-10-20(18-21)29-26-23-12-6-7-13-24(23)28-31-30-27(34(28)32-26)19-14-16-22(37-4)17-15-19/h6-8,10-18H,5,9H2,1-4H3,(H,29,32). The minimum absolute atomic E-state index is 0.0447. The van der Waals surface area contributed by atoms with E-state index in [0.717, 1.165) is 39.9 Å². The summed E-state index contributed by atoms with van der Waals surface area (Å²) in [5.74, 6) is 2.10. The van der Waals surface area contributed by atoms with Crippen LogP contribution in [0.2, 0.25) is 0 Å². The molecule has 188 valence electrons. The highest BCUT2D eigenvalue weighted by atomic mass is 16.5. The van der Waals surface area contributed by atoms with Crippen molar-refractivity contribution in [2.24, 2.45) is 0 Å². The Labute approximate surface area is 215 Å². The van der Waals surface area contributed by atoms with Crippen LogP contribution in [0.15, 0.2) is 72.8 Å². The Hall–Kier alpha value is -4.50. The van der Waals surface area contributed by atoms with E-state index >= 15 is 0 Å². The predicted molar refractivity (Wildman–Crippen MR) is 146 cm³/mol. The molecule has 0 bridgehead atoms. The molecule has 37 heavy (non-hydrogen) atoms. The number of aromatic nitrogens is 4. The van der Waals surface area contributed by atoms with Crippen molar-refractivity contribution in [3.8, 4) is 17.1 Å². The quantitative estimate of drug-likeness (QED) is 0.292. The van der Waals surface area contributed by atoms with Crippen molar-refractivity contribution in [2.75, 3.05) is 31.5 Å². The molecule has 0 aliphatic rings. The SMILES string of the molecule is CCCC(=O)N(c1cccc(Nc2nn3c(-c4ccc(OC)cc4)nnc3c3ccccc23)c1)N(C)C. The predicted octanol–water partition coefficient (Wildman–Crippen LogP) is 5.31. The number of nitrogens with one attached hydrogen (secondary N) is 1. The summed E-state index contributed by atoms with van der Waals surface area (Å²) in [6.45, 7) is 2.00. The number of methoxy groups -OCH3 is 1. The fraction of sp³-hybridized carbons (Fsp3) is 0.214. The number of benzene rings is 3. The van der Waals surface area contributed by atoms with Crippen LogP contribution in [0.1, 0.15) is 19.8 Å². The van der Waals surface area contributed by atoms with E-state index in [2.05, 4.69) is 15.5 Å². The maximum absolute atomic E-state index is 12.8. The average Bonchev–Trinajstić information content (AvgIpc) is 3.33. The Morgan fingerprint density at radius 2 is 1.73 bits per heavy atom. The molecule has 0 aliphatic heterocycles. The van der Waals surface area contributed by atoms with Gasteiger partial charge in [-0.15, -0.1) is 15.3 Å². The van der Waals surface area contributed by atoms with E-state index in [1.165, 1.54) is 0 Å². The van der Waals surface area contributed by atoms with Crippen molar-refractivity contribution < 1.29 is 9.53 Å². The number of carbonyl (C=O) groups is 1. The molecule has 0 atom stereocenters. The summed E-state index contributed by atoms with van der Waals surface area (Å²) in [5.41, 5.74) is 3.14. The van der Waals surface area contributed by atoms with Crippen LogP contribution in [0.5, 0.6) is 5.75 Å². The lowest BCUT2D eigenvalue weighted by Crippen LogP contribution is -2.42. The fourth-order valence-corrected chi connectivity index (χ4v) is 4.36. The number of hydrazine groups is 1. The molecule has 5 aromatic rings. The number of hydrogen-bond acceptors (Lipinski definition) is 7. The number of nitrogens with zero attached hydrogens (tertiary/aromatic N) is 6. The molecule has 0 unspecified atom stereocenters. The van der Waals surface area contributed by atoms with Crippen LogP contribution in [-0.2, 0) is 4.79 Å². The van der Waals surface area contributed by atoms with Crippen molar-refractivity contribution in [1.29, 1.82) is 0 Å². The second kappa shape index (κ2) is 10.2. The monoisotopic (exact) mass is 495 g/mol. The number of anilines is 3. The molecule has 2 aromatic heterocycles. The van der Waals surface area contributed by atoms with Gasteiger partial charge in [0.1, 0.15) is 5.75 Å². The number of ether oxygens (including phenoxy) is 1. The second-order valence-electron chi connectivity index (χ2n) is 8.86. The maximum atomic E-state index is 12.8. The molecule has 9 heteroatoms. The Balaban J connectivity index is 1.59. The first-order chi connectivity index (χ1) is 18.0. The van der Waals surface area contributed by atoms with Gasteiger partial charge in [0, 0.05) is 42.5 Å². The molecule has 2 heterocycles. The van der Waals surface area contributed by atoms with Gasteiger partial charge in [0.25, 0.3) is 0 Å². The van der Waals surface area contributed by atoms with Gasteiger partial charge >= 0.3 is 0 Å². The molecule has 5 rings (SSSR count). The first-order valence-corrected chi connectivity index (χ1v) is 12.2. The van der Waals surface area contributed by atoms with Gasteiger partial charge in [-0.2, -0.15) is 4.52 Å². The van der Waals surface area contributed by atoms with Gasteiger partial charge in [0.05, 0.1) is 12.8 Å². The van der Waals surface area contributed by atoms with Crippen molar-refractivity contribution in [3.63, 3.8) is 0 Å². The van der Waals surface area contributed by atoms with Gasteiger partial charge in [0.15, 0.2) is 17.3 Å². The van der Waals surface area contributed by atoms with Gasteiger partial charge in [-0.05, 0) is 48.9 Å². The van der Waals surface area contributed by atoms with Crippen LogP contribution >= 0.6 is 0 Å². The molecule has 0 fully saturated rings. The van der Waals surface area contributed by atoms with E-state index in [1.54, 1.807) is 21.6 Å². The lowest BCUT2D eigenvalue weighted by molar-refractivity contribution is -0.121. The van der Waals surface area contributed by atoms with E-state index in [-0.39, 0.29) is 5.91 Å². The highest BCUT2D eigenvalue weighted by molar-refractivity contribution is 6.01. The van der Waals surface area contributed by atoms with Crippen LogP contribution in [0, 0.1) is 0 Å². The Morgan fingerprint density at radius 3 is 2.43 bits per heavy atom. The smallest absolute Gasteiger partial charge is 0.241 e. The molecule has 0 saturated heterocycles. The van der Waals surface area contributed by atoms with E-state index in [0.29, 0.717) is 23.7 Å². The van der Waals surface area contributed by atoms with Gasteiger partial charge in [-0.3, -0.25) is 4.79 Å². The minimum Gasteiger partial charge on any atom is -0.497 e. The summed E-state index contributed by atoms with van der Waals surface area (Å²) < 4.78 is 7.05. The minimum atomic E-state index is 0.0447. The number of amides is 1. The molecule has 0 spiro atoms. The lowest BCUT2D eigenvalue weighted by Gasteiger charge is -2.29. The average molecular weight is 496 g/mol. The normalized spacial score (nSPS) is 11.3. The van der Waals surface area contributed by atoms with Crippen LogP contribution in [0.4, 0.5) is 17.2 Å². The Bertz CT molecular complexity index is 1560. The summed E-state index contributed by atoms with van der Waals surface area (Å²) in [7, 11) is 5.37. The highest BCUT2D eigenvalue weighted by Gasteiger charge is 2.19. The van der Waals surface area contributed by atoms with Gasteiger partial charge in [-0.25, -0.2) is 10.0 Å². The maximum Gasteiger partial charge on any atom is 0.241 e. The molecule has 3 aromatic carbocycles. The Morgan fingerprint density at radius 1 is 0.973 bits per heavy atom. The molecule has 9 nitrogen and oxygen atoms in total. The third-order valence-corrected chi connectivity index (χ3v) is 6.07. The molecule has 1 N–H and O–H groups in total. The third kappa shape index (κ3) is 4.68. The van der Waals surface area contributed by atoms with Gasteiger partial charge in [0.2, 0.25) is 5.91 Å². The summed E-state index contributed by atoms with van der Waals surface area (Å²) >= 11 is 0. The van der Waals surface area contributed by atoms with Crippen molar-refractivity contribution in [2.45, 2.75) is 19.8 Å². The van der Waals surface area contributed by atoms with Crippen LogP contribution < -0.4 is 15.1 Å². The fourth-order valence-electron chi connectivity index (χ4n) is 4.36. The largest absolute Gasteiger partial charge is 0.497 e. The van der Waals surface area contributed by atoms with Crippen LogP contribution in [0.3, 0.4) is 0 Å². The van der Waals surface area contributed by atoms with Crippen LogP contribution in [0.25, 0.3) is 27.8 Å².